The van der Waals surface area contributed by atoms with Crippen LogP contribution in [0.3, 0.4) is 0 Å². The van der Waals surface area contributed by atoms with Gasteiger partial charge in [-0.15, -0.1) is 0 Å². The zero-order valence-electron chi connectivity index (χ0n) is 13.1. The Bertz CT molecular complexity index is 334. The highest BCUT2D eigenvalue weighted by Crippen LogP contribution is 2.12. The van der Waals surface area contributed by atoms with E-state index in [0.717, 1.165) is 6.42 Å². The lowest BCUT2D eigenvalue weighted by Crippen LogP contribution is -1.82. The van der Waals surface area contributed by atoms with Crippen molar-refractivity contribution in [2.75, 3.05) is 0 Å². The molecule has 0 spiro atoms. The molecule has 0 bridgehead atoms. The maximum Gasteiger partial charge on any atom is 0.214 e. The van der Waals surface area contributed by atoms with Crippen LogP contribution in [0.1, 0.15) is 90.4 Å². The Morgan fingerprint density at radius 1 is 0.700 bits per heavy atom. The Balaban J connectivity index is 3.10. The van der Waals surface area contributed by atoms with E-state index in [2.05, 4.69) is 6.92 Å². The summed E-state index contributed by atoms with van der Waals surface area (Å²) in [7, 11) is -2.04. The summed E-state index contributed by atoms with van der Waals surface area (Å²) in [5, 5.41) is 1.19. The second kappa shape index (κ2) is 16.5. The number of rotatable bonds is 14. The van der Waals surface area contributed by atoms with Gasteiger partial charge in [0.2, 0.25) is 10.3 Å². The Labute approximate surface area is 127 Å². The summed E-state index contributed by atoms with van der Waals surface area (Å²) in [5.74, 6) is 0. The quantitative estimate of drug-likeness (QED) is 0.247. The summed E-state index contributed by atoms with van der Waals surface area (Å²) in [6.45, 7) is 2.26. The molecule has 0 saturated heterocycles. The minimum atomic E-state index is -2.04. The standard InChI is InChI=1S/C17H32O2S/c1-2-3-4-5-6-7-8-9-10-11-12-13-14-15-16-17-20(18)19/h15-17H,2-14H2,1H3. The zero-order chi connectivity index (χ0) is 14.9. The lowest BCUT2D eigenvalue weighted by atomic mass is 10.0. The second-order valence-electron chi connectivity index (χ2n) is 5.50. The Hall–Kier alpha value is -0.570. The number of unbranched alkanes of at least 4 members (excludes halogenated alkanes) is 12. The van der Waals surface area contributed by atoms with Crippen LogP contribution in [0.15, 0.2) is 12.2 Å². The van der Waals surface area contributed by atoms with Crippen LogP contribution in [0.4, 0.5) is 0 Å². The van der Waals surface area contributed by atoms with Crippen LogP contribution < -0.4 is 0 Å². The van der Waals surface area contributed by atoms with Crippen molar-refractivity contribution >= 4 is 15.7 Å². The minimum absolute atomic E-state index is 0.991. The van der Waals surface area contributed by atoms with Gasteiger partial charge in [-0.3, -0.25) is 0 Å². The van der Waals surface area contributed by atoms with E-state index in [-0.39, 0.29) is 0 Å². The monoisotopic (exact) mass is 300 g/mol. The van der Waals surface area contributed by atoms with Crippen LogP contribution in [0.5, 0.6) is 0 Å². The van der Waals surface area contributed by atoms with Crippen molar-refractivity contribution in [1.82, 2.24) is 0 Å². The van der Waals surface area contributed by atoms with E-state index in [1.54, 1.807) is 6.08 Å². The molecule has 0 rings (SSSR count). The molecule has 0 aromatic rings. The summed E-state index contributed by atoms with van der Waals surface area (Å²) in [5.41, 5.74) is 0. The van der Waals surface area contributed by atoms with Crippen LogP contribution >= 0.6 is 0 Å². The molecule has 20 heavy (non-hydrogen) atoms. The fourth-order valence-electron chi connectivity index (χ4n) is 2.32. The highest BCUT2D eigenvalue weighted by molar-refractivity contribution is 7.71. The normalized spacial score (nSPS) is 11.1. The molecule has 0 aliphatic rings. The van der Waals surface area contributed by atoms with E-state index in [1.165, 1.54) is 82.4 Å². The van der Waals surface area contributed by atoms with Crippen LogP contribution in [0.25, 0.3) is 0 Å². The average Bonchev–Trinajstić information content (AvgIpc) is 2.43. The van der Waals surface area contributed by atoms with E-state index in [1.807, 2.05) is 6.08 Å². The van der Waals surface area contributed by atoms with E-state index < -0.39 is 10.3 Å². The van der Waals surface area contributed by atoms with Crippen molar-refractivity contribution in [3.8, 4) is 0 Å². The van der Waals surface area contributed by atoms with Gasteiger partial charge in [0.15, 0.2) is 0 Å². The van der Waals surface area contributed by atoms with Crippen LogP contribution in [-0.4, -0.2) is 13.8 Å². The van der Waals surface area contributed by atoms with E-state index >= 15 is 0 Å². The third kappa shape index (κ3) is 17.4. The predicted octanol–water partition coefficient (Wildman–Crippen LogP) is 5.32. The van der Waals surface area contributed by atoms with E-state index in [9.17, 15) is 8.42 Å². The highest BCUT2D eigenvalue weighted by Gasteiger charge is 1.92. The first-order valence-corrected chi connectivity index (χ1v) is 9.49. The van der Waals surface area contributed by atoms with E-state index in [0.29, 0.717) is 0 Å². The van der Waals surface area contributed by atoms with Crippen molar-refractivity contribution < 1.29 is 8.42 Å². The van der Waals surface area contributed by atoms with Crippen molar-refractivity contribution in [3.05, 3.63) is 12.2 Å². The van der Waals surface area contributed by atoms with Gasteiger partial charge in [0, 0.05) is 0 Å². The number of hydrogen-bond donors (Lipinski definition) is 0. The van der Waals surface area contributed by atoms with E-state index in [4.69, 9.17) is 0 Å². The largest absolute Gasteiger partial charge is 0.214 e. The zero-order valence-corrected chi connectivity index (χ0v) is 14.0. The predicted molar refractivity (Wildman–Crippen MR) is 89.8 cm³/mol. The summed E-state index contributed by atoms with van der Waals surface area (Å²) in [6.07, 6.45) is 20.9. The van der Waals surface area contributed by atoms with Gasteiger partial charge in [0.05, 0.1) is 5.37 Å². The summed E-state index contributed by atoms with van der Waals surface area (Å²) in [6, 6.07) is 0. The average molecular weight is 301 g/mol. The first-order valence-electron chi connectivity index (χ1n) is 8.35. The first-order chi connectivity index (χ1) is 9.77. The fourth-order valence-corrected chi connectivity index (χ4v) is 2.56. The number of allylic oxidation sites excluding steroid dienone is 2. The van der Waals surface area contributed by atoms with Gasteiger partial charge >= 0.3 is 0 Å². The molecule has 0 aliphatic carbocycles. The Kier molecular flexibility index (Phi) is 16.0. The van der Waals surface area contributed by atoms with Gasteiger partial charge in [-0.2, -0.15) is 8.42 Å². The van der Waals surface area contributed by atoms with Crippen molar-refractivity contribution in [3.63, 3.8) is 0 Å². The van der Waals surface area contributed by atoms with Crippen molar-refractivity contribution in [2.45, 2.75) is 90.4 Å². The minimum Gasteiger partial charge on any atom is -0.185 e. The van der Waals surface area contributed by atoms with Gasteiger partial charge in [-0.1, -0.05) is 89.7 Å². The van der Waals surface area contributed by atoms with Gasteiger partial charge in [-0.05, 0) is 12.8 Å². The molecule has 0 heterocycles. The molecule has 2 nitrogen and oxygen atoms in total. The molecule has 0 aliphatic heterocycles. The molecular formula is C17H32O2S. The van der Waals surface area contributed by atoms with Crippen molar-refractivity contribution in [2.24, 2.45) is 0 Å². The maximum absolute atomic E-state index is 10.2. The topological polar surface area (TPSA) is 34.1 Å². The second-order valence-corrected chi connectivity index (χ2v) is 6.30. The maximum atomic E-state index is 10.2. The lowest BCUT2D eigenvalue weighted by molar-refractivity contribution is 0.545. The summed E-state index contributed by atoms with van der Waals surface area (Å²) < 4.78 is 20.5. The van der Waals surface area contributed by atoms with Gasteiger partial charge < -0.3 is 0 Å². The molecular weight excluding hydrogens is 268 g/mol. The van der Waals surface area contributed by atoms with Crippen LogP contribution in [-0.2, 0) is 10.3 Å². The third-order valence-corrected chi connectivity index (χ3v) is 3.93. The Morgan fingerprint density at radius 3 is 1.60 bits per heavy atom. The molecule has 0 atom stereocenters. The third-order valence-electron chi connectivity index (χ3n) is 3.55. The van der Waals surface area contributed by atoms with Crippen molar-refractivity contribution in [1.29, 1.82) is 0 Å². The SMILES string of the molecule is CCCCCCCCCCCCCCC=CC=S(=O)=O. The van der Waals surface area contributed by atoms with Gasteiger partial charge in [0.1, 0.15) is 0 Å². The molecule has 0 radical (unpaired) electrons. The molecule has 0 fully saturated rings. The van der Waals surface area contributed by atoms with Crippen LogP contribution in [0.2, 0.25) is 0 Å². The van der Waals surface area contributed by atoms with Gasteiger partial charge in [0.25, 0.3) is 0 Å². The molecule has 0 aromatic carbocycles. The number of hydrogen-bond acceptors (Lipinski definition) is 2. The molecule has 0 amide bonds. The molecule has 118 valence electrons. The Morgan fingerprint density at radius 2 is 1.15 bits per heavy atom. The van der Waals surface area contributed by atoms with Crippen LogP contribution in [0, 0.1) is 0 Å². The lowest BCUT2D eigenvalue weighted by Gasteiger charge is -2.02. The summed E-state index contributed by atoms with van der Waals surface area (Å²) in [4.78, 5) is 0. The molecule has 0 N–H and O–H groups in total. The summed E-state index contributed by atoms with van der Waals surface area (Å²) >= 11 is 0. The molecule has 0 saturated carbocycles. The highest BCUT2D eigenvalue weighted by atomic mass is 32.2. The molecule has 0 unspecified atom stereocenters. The first kappa shape index (κ1) is 19.4. The van der Waals surface area contributed by atoms with Gasteiger partial charge in [-0.25, -0.2) is 0 Å². The molecule has 3 heteroatoms. The smallest absolute Gasteiger partial charge is 0.185 e. The molecule has 0 aromatic heterocycles. The fraction of sp³-hybridized carbons (Fsp3) is 0.824.